The minimum atomic E-state index is -2.40. The van der Waals surface area contributed by atoms with Gasteiger partial charge in [0.1, 0.15) is 0 Å². The number of hydrogen-bond acceptors (Lipinski definition) is 5. The summed E-state index contributed by atoms with van der Waals surface area (Å²) < 4.78 is 6.17. The number of rotatable bonds is 2. The Morgan fingerprint density at radius 3 is 2.27 bits per heavy atom. The van der Waals surface area contributed by atoms with Crippen molar-refractivity contribution in [3.8, 4) is 0 Å². The first-order chi connectivity index (χ1) is 15.7. The fraction of sp³-hybridized carbons (Fsp3) is 0.607. The Bertz CT molecular complexity index is 1070. The number of Topliss-reactive ketones (excluding diaryl/α,β-unsaturated/α-hetero) is 2. The molecule has 0 aromatic heterocycles. The lowest BCUT2D eigenvalue weighted by molar-refractivity contribution is -0.196. The van der Waals surface area contributed by atoms with Crippen molar-refractivity contribution in [1.29, 1.82) is 0 Å². The molecule has 33 heavy (non-hydrogen) atoms. The Hall–Kier alpha value is -2.11. The molecule has 174 valence electrons. The minimum absolute atomic E-state index is 0.105. The van der Waals surface area contributed by atoms with Crippen molar-refractivity contribution in [3.63, 3.8) is 0 Å². The van der Waals surface area contributed by atoms with E-state index in [4.69, 9.17) is 4.74 Å². The number of hydrogen-bond donors (Lipinski definition) is 1. The maximum Gasteiger partial charge on any atom is 0.297 e. The average Bonchev–Trinajstić information content (AvgIpc) is 3.22. The molecular weight excluding hydrogens is 416 g/mol. The number of carbonyl (C=O) groups is 3. The van der Waals surface area contributed by atoms with Gasteiger partial charge in [-0.05, 0) is 79.6 Å². The van der Waals surface area contributed by atoms with Gasteiger partial charge in [0.15, 0.2) is 5.78 Å². The topological polar surface area (TPSA) is 80.7 Å². The standard InChI is InChI=1S/C28H32O5/c1-26-13-11-17(29)15-16(26)7-8-20-21-9-10-23(27(21,2)14-12-22(20)26)33-28(32)24(30)18-5-3-4-6-19(18)25(28)31/h3-6,15,20-23,32H,7-14H2,1-2H3. The maximum atomic E-state index is 13.0. The second-order valence-electron chi connectivity index (χ2n) is 11.5. The Balaban J connectivity index is 1.27. The third kappa shape index (κ3) is 2.75. The van der Waals surface area contributed by atoms with Gasteiger partial charge in [0.05, 0.1) is 6.10 Å². The first-order valence-electron chi connectivity index (χ1n) is 12.5. The number of fused-ring (bicyclic) bond motifs is 6. The normalized spacial score (nSPS) is 41.2. The third-order valence-electron chi connectivity index (χ3n) is 10.2. The molecule has 0 saturated heterocycles. The lowest BCUT2D eigenvalue weighted by Crippen LogP contribution is -2.54. The Morgan fingerprint density at radius 2 is 1.58 bits per heavy atom. The van der Waals surface area contributed by atoms with E-state index in [0.29, 0.717) is 24.2 Å². The highest BCUT2D eigenvalue weighted by Crippen LogP contribution is 2.66. The molecule has 1 aromatic carbocycles. The van der Waals surface area contributed by atoms with Gasteiger partial charge in [0.2, 0.25) is 11.6 Å². The molecule has 0 aliphatic heterocycles. The summed E-state index contributed by atoms with van der Waals surface area (Å²) in [6.07, 6.45) is 9.01. The third-order valence-corrected chi connectivity index (χ3v) is 10.2. The summed E-state index contributed by atoms with van der Waals surface area (Å²) in [4.78, 5) is 38.1. The van der Waals surface area contributed by atoms with E-state index in [1.807, 2.05) is 6.08 Å². The zero-order valence-corrected chi connectivity index (χ0v) is 19.4. The highest BCUT2D eigenvalue weighted by atomic mass is 16.6. The lowest BCUT2D eigenvalue weighted by atomic mass is 9.47. The summed E-state index contributed by atoms with van der Waals surface area (Å²) in [5.74, 6) is -1.84. The van der Waals surface area contributed by atoms with Crippen molar-refractivity contribution in [1.82, 2.24) is 0 Å². The molecule has 6 atom stereocenters. The zero-order valence-electron chi connectivity index (χ0n) is 19.4. The van der Waals surface area contributed by atoms with Crippen LogP contribution in [0.4, 0.5) is 0 Å². The first kappa shape index (κ1) is 21.4. The van der Waals surface area contributed by atoms with Crippen LogP contribution in [0.3, 0.4) is 0 Å². The van der Waals surface area contributed by atoms with Crippen molar-refractivity contribution in [3.05, 3.63) is 47.0 Å². The predicted molar refractivity (Wildman–Crippen MR) is 122 cm³/mol. The quantitative estimate of drug-likeness (QED) is 0.525. The van der Waals surface area contributed by atoms with Gasteiger partial charge < -0.3 is 9.84 Å². The maximum absolute atomic E-state index is 13.0. The van der Waals surface area contributed by atoms with E-state index in [1.165, 1.54) is 5.57 Å². The van der Waals surface area contributed by atoms with Crippen molar-refractivity contribution < 1.29 is 24.2 Å². The molecule has 1 N–H and O–H groups in total. The van der Waals surface area contributed by atoms with Crippen molar-refractivity contribution in [2.75, 3.05) is 0 Å². The van der Waals surface area contributed by atoms with Gasteiger partial charge in [-0.15, -0.1) is 0 Å². The number of aliphatic hydroxyl groups is 1. The van der Waals surface area contributed by atoms with Gasteiger partial charge in [-0.2, -0.15) is 0 Å². The molecule has 6 rings (SSSR count). The second-order valence-corrected chi connectivity index (χ2v) is 11.5. The molecule has 1 aromatic rings. The second kappa shape index (κ2) is 6.96. The van der Waals surface area contributed by atoms with Crippen molar-refractivity contribution in [2.45, 2.75) is 77.1 Å². The van der Waals surface area contributed by atoms with Crippen LogP contribution >= 0.6 is 0 Å². The molecule has 0 heterocycles. The van der Waals surface area contributed by atoms with Crippen LogP contribution in [-0.2, 0) is 9.53 Å². The molecule has 5 aliphatic carbocycles. The van der Waals surface area contributed by atoms with E-state index >= 15 is 0 Å². The summed E-state index contributed by atoms with van der Waals surface area (Å²) in [5, 5.41) is 11.2. The molecule has 0 spiro atoms. The van der Waals surface area contributed by atoms with E-state index in [-0.39, 0.29) is 33.8 Å². The molecule has 3 saturated carbocycles. The molecule has 0 radical (unpaired) electrons. The SMILES string of the molecule is CC12CCC(=O)C=C1CCC1C2CCC2(C)C(OC3(O)C(=O)c4ccccc4C3=O)CCC12. The molecule has 5 aliphatic rings. The van der Waals surface area contributed by atoms with Crippen LogP contribution in [0.15, 0.2) is 35.9 Å². The Kier molecular flexibility index (Phi) is 4.52. The van der Waals surface area contributed by atoms with Crippen molar-refractivity contribution >= 4 is 17.3 Å². The molecule has 5 nitrogen and oxygen atoms in total. The molecule has 3 fully saturated rings. The van der Waals surface area contributed by atoms with Gasteiger partial charge in [0.25, 0.3) is 5.79 Å². The van der Waals surface area contributed by atoms with Crippen LogP contribution in [0.1, 0.15) is 85.9 Å². The number of ether oxygens (including phenoxy) is 1. The number of allylic oxidation sites excluding steroid dienone is 1. The Labute approximate surface area is 194 Å². The smallest absolute Gasteiger partial charge is 0.297 e. The van der Waals surface area contributed by atoms with Crippen LogP contribution in [0.5, 0.6) is 0 Å². The van der Waals surface area contributed by atoms with Gasteiger partial charge in [0, 0.05) is 17.5 Å². The lowest BCUT2D eigenvalue weighted by Gasteiger charge is -2.58. The van der Waals surface area contributed by atoms with Crippen LogP contribution in [-0.4, -0.2) is 34.3 Å². The fourth-order valence-electron chi connectivity index (χ4n) is 8.37. The summed E-state index contributed by atoms with van der Waals surface area (Å²) >= 11 is 0. The van der Waals surface area contributed by atoms with E-state index in [0.717, 1.165) is 44.9 Å². The van der Waals surface area contributed by atoms with Crippen LogP contribution in [0, 0.1) is 28.6 Å². The predicted octanol–water partition coefficient (Wildman–Crippen LogP) is 4.67. The minimum Gasteiger partial charge on any atom is -0.353 e. The summed E-state index contributed by atoms with van der Waals surface area (Å²) in [6.45, 7) is 4.60. The molecule has 6 unspecified atom stereocenters. The zero-order chi connectivity index (χ0) is 23.2. The van der Waals surface area contributed by atoms with E-state index in [1.54, 1.807) is 24.3 Å². The molecule has 0 bridgehead atoms. The van der Waals surface area contributed by atoms with Crippen LogP contribution < -0.4 is 0 Å². The summed E-state index contributed by atoms with van der Waals surface area (Å²) in [6, 6.07) is 6.58. The largest absolute Gasteiger partial charge is 0.353 e. The number of carbonyl (C=O) groups excluding carboxylic acids is 3. The monoisotopic (exact) mass is 448 g/mol. The average molecular weight is 449 g/mol. The van der Waals surface area contributed by atoms with E-state index in [9.17, 15) is 19.5 Å². The molecule has 0 amide bonds. The highest BCUT2D eigenvalue weighted by molar-refractivity contribution is 6.30. The van der Waals surface area contributed by atoms with Crippen molar-refractivity contribution in [2.24, 2.45) is 28.6 Å². The van der Waals surface area contributed by atoms with Gasteiger partial charge in [-0.1, -0.05) is 43.7 Å². The van der Waals surface area contributed by atoms with E-state index in [2.05, 4.69) is 13.8 Å². The molecule has 5 heteroatoms. The van der Waals surface area contributed by atoms with Gasteiger partial charge in [-0.3, -0.25) is 14.4 Å². The number of ketones is 3. The fourth-order valence-corrected chi connectivity index (χ4v) is 8.37. The van der Waals surface area contributed by atoms with Crippen LogP contribution in [0.2, 0.25) is 0 Å². The van der Waals surface area contributed by atoms with Crippen LogP contribution in [0.25, 0.3) is 0 Å². The van der Waals surface area contributed by atoms with Gasteiger partial charge >= 0.3 is 0 Å². The highest BCUT2D eigenvalue weighted by Gasteiger charge is 2.62. The van der Waals surface area contributed by atoms with E-state index < -0.39 is 17.4 Å². The first-order valence-corrected chi connectivity index (χ1v) is 12.5. The van der Waals surface area contributed by atoms with Gasteiger partial charge in [-0.25, -0.2) is 0 Å². The molecular formula is C28H32O5. The summed E-state index contributed by atoms with van der Waals surface area (Å²) in [5.41, 5.74) is 1.78. The Morgan fingerprint density at radius 1 is 0.879 bits per heavy atom. The number of benzene rings is 1. The summed E-state index contributed by atoms with van der Waals surface area (Å²) in [7, 11) is 0.